The Balaban J connectivity index is 1.85. The van der Waals surface area contributed by atoms with Gasteiger partial charge in [-0.05, 0) is 83.0 Å². The van der Waals surface area contributed by atoms with Crippen LogP contribution in [0.3, 0.4) is 0 Å². The lowest BCUT2D eigenvalue weighted by Crippen LogP contribution is -2.50. The van der Waals surface area contributed by atoms with Crippen molar-refractivity contribution in [3.8, 4) is 0 Å². The van der Waals surface area contributed by atoms with Crippen LogP contribution in [0, 0.1) is 11.3 Å². The maximum absolute atomic E-state index is 9.05. The minimum atomic E-state index is 0.330. The quantitative estimate of drug-likeness (QED) is 0.634. The first-order chi connectivity index (χ1) is 11.9. The predicted molar refractivity (Wildman–Crippen MR) is 111 cm³/mol. The fourth-order valence-electron chi connectivity index (χ4n) is 5.65. The normalized spacial score (nSPS) is 31.7. The van der Waals surface area contributed by atoms with Crippen LogP contribution >= 0.6 is 11.8 Å². The van der Waals surface area contributed by atoms with Gasteiger partial charge in [0.25, 0.3) is 0 Å². The van der Waals surface area contributed by atoms with Crippen molar-refractivity contribution in [3.05, 3.63) is 34.9 Å². The van der Waals surface area contributed by atoms with Crippen molar-refractivity contribution >= 4 is 11.8 Å². The first-order valence-corrected chi connectivity index (χ1v) is 11.4. The first kappa shape index (κ1) is 19.3. The van der Waals surface area contributed by atoms with E-state index in [1.165, 1.54) is 43.4 Å². The summed E-state index contributed by atoms with van der Waals surface area (Å²) in [6.07, 6.45) is 7.62. The fourth-order valence-corrected chi connectivity index (χ4v) is 6.94. The fraction of sp³-hybridized carbons (Fsp3) is 0.739. The van der Waals surface area contributed by atoms with Crippen LogP contribution < -0.4 is 0 Å². The van der Waals surface area contributed by atoms with Gasteiger partial charge in [-0.15, -0.1) is 0 Å². The molecular weight excluding hydrogens is 324 g/mol. The molecule has 1 N–H and O–H groups in total. The number of aliphatic hydroxyl groups excluding tert-OH is 1. The molecule has 3 atom stereocenters. The molecule has 0 bridgehead atoms. The van der Waals surface area contributed by atoms with E-state index in [1.54, 1.807) is 11.1 Å². The van der Waals surface area contributed by atoms with Gasteiger partial charge in [-0.25, -0.2) is 0 Å². The van der Waals surface area contributed by atoms with E-state index < -0.39 is 0 Å². The molecular formula is C23H36OS. The van der Waals surface area contributed by atoms with E-state index in [-0.39, 0.29) is 0 Å². The number of rotatable bonds is 6. The van der Waals surface area contributed by atoms with Crippen LogP contribution in [-0.2, 0) is 11.8 Å². The molecule has 0 saturated heterocycles. The lowest BCUT2D eigenvalue weighted by atomic mass is 9.50. The average Bonchev–Trinajstić information content (AvgIpc) is 2.58. The molecule has 0 heterocycles. The minimum absolute atomic E-state index is 0.330. The molecule has 1 saturated carbocycles. The molecule has 3 rings (SSSR count). The van der Waals surface area contributed by atoms with Crippen LogP contribution in [0.4, 0.5) is 0 Å². The van der Waals surface area contributed by atoms with Crippen molar-refractivity contribution in [2.45, 2.75) is 77.6 Å². The zero-order chi connectivity index (χ0) is 18.1. The van der Waals surface area contributed by atoms with E-state index in [9.17, 15) is 0 Å². The summed E-state index contributed by atoms with van der Waals surface area (Å²) in [5.74, 6) is 3.78. The Bertz CT molecular complexity index is 596. The van der Waals surface area contributed by atoms with Crippen molar-refractivity contribution in [1.29, 1.82) is 0 Å². The van der Waals surface area contributed by atoms with Crippen molar-refractivity contribution in [3.63, 3.8) is 0 Å². The Morgan fingerprint density at radius 3 is 2.76 bits per heavy atom. The number of thioether (sulfide) groups is 1. The monoisotopic (exact) mass is 360 g/mol. The van der Waals surface area contributed by atoms with Gasteiger partial charge in [0, 0.05) is 6.61 Å². The zero-order valence-electron chi connectivity index (χ0n) is 16.6. The topological polar surface area (TPSA) is 20.2 Å². The predicted octanol–water partition coefficient (Wildman–Crippen LogP) is 5.94. The van der Waals surface area contributed by atoms with Gasteiger partial charge in [-0.2, -0.15) is 11.8 Å². The first-order valence-electron chi connectivity index (χ1n) is 10.2. The third-order valence-electron chi connectivity index (χ3n) is 7.05. The Kier molecular flexibility index (Phi) is 5.90. The number of hydrogen-bond donors (Lipinski definition) is 1. The Hall–Kier alpha value is -0.470. The number of aryl methyl sites for hydroxylation is 1. The van der Waals surface area contributed by atoms with Crippen molar-refractivity contribution < 1.29 is 5.11 Å². The number of aliphatic hydroxyl groups is 1. The minimum Gasteiger partial charge on any atom is -0.396 e. The van der Waals surface area contributed by atoms with E-state index >= 15 is 0 Å². The molecule has 1 nitrogen and oxygen atoms in total. The van der Waals surface area contributed by atoms with E-state index in [1.807, 2.05) is 0 Å². The van der Waals surface area contributed by atoms with Gasteiger partial charge in [0.2, 0.25) is 0 Å². The summed E-state index contributed by atoms with van der Waals surface area (Å²) in [7, 11) is 0. The number of fused-ring (bicyclic) bond motifs is 3. The standard InChI is InChI=1S/C23H36OS/c1-17(2)18-7-9-20-19(15-18)8-10-21-22(3,16-25-14-6-13-24)11-5-12-23(20,21)4/h7,9,15,17,21,24H,5-6,8,10-14,16H2,1-4H3/t21?,22-,23-/m1/s1. The van der Waals surface area contributed by atoms with Crippen LogP contribution in [0.15, 0.2) is 18.2 Å². The van der Waals surface area contributed by atoms with Gasteiger partial charge >= 0.3 is 0 Å². The van der Waals surface area contributed by atoms with Crippen LogP contribution in [0.5, 0.6) is 0 Å². The molecule has 1 aromatic carbocycles. The van der Waals surface area contributed by atoms with Gasteiger partial charge in [-0.3, -0.25) is 0 Å². The molecule has 2 aliphatic carbocycles. The highest BCUT2D eigenvalue weighted by atomic mass is 32.2. The van der Waals surface area contributed by atoms with Gasteiger partial charge in [0.1, 0.15) is 0 Å². The molecule has 2 aliphatic rings. The molecule has 0 amide bonds. The Labute approximate surface area is 159 Å². The zero-order valence-corrected chi connectivity index (χ0v) is 17.4. The maximum atomic E-state index is 9.05. The van der Waals surface area contributed by atoms with Gasteiger partial charge in [0.05, 0.1) is 0 Å². The average molecular weight is 361 g/mol. The Morgan fingerprint density at radius 2 is 2.04 bits per heavy atom. The van der Waals surface area contributed by atoms with Crippen molar-refractivity contribution in [1.82, 2.24) is 0 Å². The SMILES string of the molecule is CC(C)c1ccc2c(c1)CCC1[C@@](C)(CSCCCO)CCC[C@]21C. The summed E-state index contributed by atoms with van der Waals surface area (Å²) in [4.78, 5) is 0. The number of hydrogen-bond acceptors (Lipinski definition) is 2. The van der Waals surface area contributed by atoms with Crippen LogP contribution in [0.25, 0.3) is 0 Å². The summed E-state index contributed by atoms with van der Waals surface area (Å²) in [6.45, 7) is 10.0. The van der Waals surface area contributed by atoms with E-state index in [0.717, 1.165) is 18.1 Å². The van der Waals surface area contributed by atoms with Crippen molar-refractivity contribution in [2.75, 3.05) is 18.1 Å². The third kappa shape index (κ3) is 3.67. The van der Waals surface area contributed by atoms with Gasteiger partial charge in [-0.1, -0.05) is 52.3 Å². The molecule has 2 heteroatoms. The van der Waals surface area contributed by atoms with Crippen molar-refractivity contribution in [2.24, 2.45) is 11.3 Å². The number of benzene rings is 1. The molecule has 25 heavy (non-hydrogen) atoms. The molecule has 1 unspecified atom stereocenters. The summed E-state index contributed by atoms with van der Waals surface area (Å²) in [5, 5.41) is 9.05. The second kappa shape index (κ2) is 7.64. The molecule has 0 aromatic heterocycles. The van der Waals surface area contributed by atoms with Crippen LogP contribution in [-0.4, -0.2) is 23.2 Å². The lowest BCUT2D eigenvalue weighted by Gasteiger charge is -2.55. The van der Waals surface area contributed by atoms with Crippen LogP contribution in [0.2, 0.25) is 0 Å². The third-order valence-corrected chi connectivity index (χ3v) is 8.49. The second-order valence-electron chi connectivity index (χ2n) is 9.22. The summed E-state index contributed by atoms with van der Waals surface area (Å²) >= 11 is 2.07. The second-order valence-corrected chi connectivity index (χ2v) is 10.3. The largest absolute Gasteiger partial charge is 0.396 e. The molecule has 1 fully saturated rings. The highest BCUT2D eigenvalue weighted by Crippen LogP contribution is 2.58. The van der Waals surface area contributed by atoms with E-state index in [2.05, 4.69) is 57.7 Å². The molecule has 0 radical (unpaired) electrons. The molecule has 0 aliphatic heterocycles. The highest BCUT2D eigenvalue weighted by Gasteiger charge is 2.51. The molecule has 0 spiro atoms. The molecule has 1 aromatic rings. The van der Waals surface area contributed by atoms with Crippen LogP contribution in [0.1, 0.15) is 82.4 Å². The smallest absolute Gasteiger partial charge is 0.0438 e. The Morgan fingerprint density at radius 1 is 1.24 bits per heavy atom. The molecule has 140 valence electrons. The van der Waals surface area contributed by atoms with Gasteiger partial charge < -0.3 is 5.11 Å². The lowest BCUT2D eigenvalue weighted by molar-refractivity contribution is 0.0445. The maximum Gasteiger partial charge on any atom is 0.0438 e. The van der Waals surface area contributed by atoms with Gasteiger partial charge in [0.15, 0.2) is 0 Å². The van der Waals surface area contributed by atoms with E-state index in [0.29, 0.717) is 23.4 Å². The summed E-state index contributed by atoms with van der Waals surface area (Å²) in [6, 6.07) is 7.37. The summed E-state index contributed by atoms with van der Waals surface area (Å²) in [5.41, 5.74) is 5.58. The van der Waals surface area contributed by atoms with E-state index in [4.69, 9.17) is 5.11 Å². The highest BCUT2D eigenvalue weighted by molar-refractivity contribution is 7.99. The summed E-state index contributed by atoms with van der Waals surface area (Å²) < 4.78 is 0.